The number of nitrogens with zero attached hydrogens (tertiary/aromatic N) is 2. The van der Waals surface area contributed by atoms with E-state index in [2.05, 4.69) is 17.4 Å². The van der Waals surface area contributed by atoms with Gasteiger partial charge in [0, 0.05) is 13.1 Å². The highest BCUT2D eigenvalue weighted by Crippen LogP contribution is 2.27. The number of unbranched alkanes of at least 4 members (excludes halogenated alkanes) is 2. The maximum absolute atomic E-state index is 12.2. The van der Waals surface area contributed by atoms with E-state index in [1.165, 1.54) is 10.5 Å². The summed E-state index contributed by atoms with van der Waals surface area (Å²) < 4.78 is 5.38. The van der Waals surface area contributed by atoms with Crippen molar-refractivity contribution in [3.8, 4) is 5.75 Å². The molecule has 1 aromatic carbocycles. The average Bonchev–Trinajstić information content (AvgIpc) is 3.26. The minimum absolute atomic E-state index is 0.0156. The van der Waals surface area contributed by atoms with Gasteiger partial charge in [0.15, 0.2) is 0 Å². The molecule has 0 aromatic heterocycles. The molecule has 27 heavy (non-hydrogen) atoms. The molecule has 2 aliphatic rings. The number of benzene rings is 1. The molecule has 2 fully saturated rings. The number of aryl methyl sites for hydroxylation is 1. The molecule has 0 aliphatic carbocycles. The number of ether oxygens (including phenoxy) is 1. The van der Waals surface area contributed by atoms with Gasteiger partial charge in [0.05, 0.1) is 7.11 Å². The van der Waals surface area contributed by atoms with Gasteiger partial charge in [-0.3, -0.25) is 9.69 Å². The largest absolute Gasteiger partial charge is 0.496 e. The van der Waals surface area contributed by atoms with Crippen LogP contribution in [0.2, 0.25) is 0 Å². The van der Waals surface area contributed by atoms with E-state index in [4.69, 9.17) is 4.74 Å². The molecule has 0 saturated carbocycles. The fourth-order valence-electron chi connectivity index (χ4n) is 4.01. The zero-order valence-electron chi connectivity index (χ0n) is 16.3. The number of rotatable bonds is 11. The van der Waals surface area contributed by atoms with Gasteiger partial charge in [-0.15, -0.1) is 0 Å². The number of fused-ring (bicyclic) bond motifs is 1. The Morgan fingerprint density at radius 1 is 1.11 bits per heavy atom. The Labute approximate surface area is 161 Å². The van der Waals surface area contributed by atoms with Gasteiger partial charge in [-0.2, -0.15) is 0 Å². The second kappa shape index (κ2) is 9.74. The van der Waals surface area contributed by atoms with Gasteiger partial charge in [0.1, 0.15) is 11.8 Å². The van der Waals surface area contributed by atoms with E-state index in [1.54, 1.807) is 12.0 Å². The van der Waals surface area contributed by atoms with E-state index >= 15 is 0 Å². The highest BCUT2D eigenvalue weighted by atomic mass is 16.5. The highest BCUT2D eigenvalue weighted by Gasteiger charge is 2.46. The van der Waals surface area contributed by atoms with E-state index in [1.807, 2.05) is 12.1 Å². The molecule has 1 N–H and O–H groups in total. The Balaban J connectivity index is 1.22. The minimum atomic E-state index is -0.168. The van der Waals surface area contributed by atoms with Crippen LogP contribution in [0.3, 0.4) is 0 Å². The van der Waals surface area contributed by atoms with Crippen LogP contribution in [0.4, 0.5) is 4.79 Å². The zero-order valence-corrected chi connectivity index (χ0v) is 16.3. The fourth-order valence-corrected chi connectivity index (χ4v) is 4.01. The number of hydrogen-bond acceptors (Lipinski definition) is 4. The molecule has 1 unspecified atom stereocenters. The van der Waals surface area contributed by atoms with Gasteiger partial charge < -0.3 is 15.0 Å². The summed E-state index contributed by atoms with van der Waals surface area (Å²) >= 11 is 0. The van der Waals surface area contributed by atoms with Gasteiger partial charge in [-0.1, -0.05) is 18.2 Å². The normalized spacial score (nSPS) is 19.1. The van der Waals surface area contributed by atoms with Gasteiger partial charge in [-0.25, -0.2) is 4.79 Å². The Bertz CT molecular complexity index is 627. The monoisotopic (exact) mass is 373 g/mol. The molecule has 1 aromatic rings. The quantitative estimate of drug-likeness (QED) is 0.479. The van der Waals surface area contributed by atoms with Gasteiger partial charge in [0.25, 0.3) is 5.91 Å². The third-order valence-corrected chi connectivity index (χ3v) is 5.51. The number of methoxy groups -OCH3 is 1. The van der Waals surface area contributed by atoms with Crippen LogP contribution in [-0.4, -0.2) is 61.1 Å². The van der Waals surface area contributed by atoms with E-state index in [0.717, 1.165) is 70.3 Å². The lowest BCUT2D eigenvalue weighted by Gasteiger charge is -2.15. The number of carbonyl (C=O) groups is 2. The number of carbonyl (C=O) groups excluding carboxylic acids is 2. The van der Waals surface area contributed by atoms with Crippen molar-refractivity contribution in [1.82, 2.24) is 15.1 Å². The molecule has 2 saturated heterocycles. The summed E-state index contributed by atoms with van der Waals surface area (Å²) in [6.07, 6.45) is 6.91. The summed E-state index contributed by atoms with van der Waals surface area (Å²) in [5.41, 5.74) is 1.26. The average molecular weight is 373 g/mol. The van der Waals surface area contributed by atoms with Gasteiger partial charge >= 0.3 is 6.03 Å². The number of nitrogens with one attached hydrogen (secondary N) is 1. The first kappa shape index (κ1) is 19.7. The Hall–Kier alpha value is -2.08. The highest BCUT2D eigenvalue weighted by molar-refractivity contribution is 6.04. The lowest BCUT2D eigenvalue weighted by atomic mass is 10.1. The van der Waals surface area contributed by atoms with Crippen molar-refractivity contribution >= 4 is 11.9 Å². The van der Waals surface area contributed by atoms with Crippen molar-refractivity contribution in [2.24, 2.45) is 0 Å². The predicted molar refractivity (Wildman–Crippen MR) is 105 cm³/mol. The molecule has 3 amide bonds. The van der Waals surface area contributed by atoms with Crippen molar-refractivity contribution in [1.29, 1.82) is 0 Å². The maximum Gasteiger partial charge on any atom is 0.327 e. The maximum atomic E-state index is 12.2. The smallest absolute Gasteiger partial charge is 0.327 e. The standard InChI is InChI=1S/C21H31N3O3/c1-27-19-12-3-2-9-17(19)10-4-5-13-22-14-6-7-15-24-20(25)18-11-8-16-23(18)21(24)26/h2-3,9,12,18,22H,4-8,10-11,13-16H2,1H3. The third-order valence-electron chi connectivity index (χ3n) is 5.51. The molecule has 148 valence electrons. The Morgan fingerprint density at radius 2 is 1.89 bits per heavy atom. The SMILES string of the molecule is COc1ccccc1CCCCNCCCCN1C(=O)C2CCCN2C1=O. The summed E-state index contributed by atoms with van der Waals surface area (Å²) in [7, 11) is 1.72. The molecular weight excluding hydrogens is 342 g/mol. The number of urea groups is 1. The van der Waals surface area contributed by atoms with Crippen LogP contribution < -0.4 is 10.1 Å². The molecule has 6 nitrogen and oxygen atoms in total. The Morgan fingerprint density at radius 3 is 2.67 bits per heavy atom. The molecular formula is C21H31N3O3. The van der Waals surface area contributed by atoms with Crippen LogP contribution in [0.1, 0.15) is 44.1 Å². The van der Waals surface area contributed by atoms with Crippen LogP contribution >= 0.6 is 0 Å². The summed E-state index contributed by atoms with van der Waals surface area (Å²) in [5, 5.41) is 3.46. The van der Waals surface area contributed by atoms with Crippen molar-refractivity contribution < 1.29 is 14.3 Å². The topological polar surface area (TPSA) is 61.9 Å². The molecule has 0 spiro atoms. The van der Waals surface area contributed by atoms with Crippen LogP contribution in [0.15, 0.2) is 24.3 Å². The van der Waals surface area contributed by atoms with Crippen LogP contribution in [-0.2, 0) is 11.2 Å². The number of hydrogen-bond donors (Lipinski definition) is 1. The van der Waals surface area contributed by atoms with Crippen LogP contribution in [0.25, 0.3) is 0 Å². The first-order valence-corrected chi connectivity index (χ1v) is 10.2. The lowest BCUT2D eigenvalue weighted by molar-refractivity contribution is -0.128. The second-order valence-electron chi connectivity index (χ2n) is 7.35. The third kappa shape index (κ3) is 4.80. The number of amides is 3. The zero-order chi connectivity index (χ0) is 19.1. The summed E-state index contributed by atoms with van der Waals surface area (Å²) in [5.74, 6) is 0.985. The summed E-state index contributed by atoms with van der Waals surface area (Å²) in [6.45, 7) is 3.22. The molecule has 3 rings (SSSR count). The van der Waals surface area contributed by atoms with Crippen LogP contribution in [0, 0.1) is 0 Å². The first-order chi connectivity index (χ1) is 13.2. The summed E-state index contributed by atoms with van der Waals surface area (Å²) in [6, 6.07) is 7.93. The van der Waals surface area contributed by atoms with Gasteiger partial charge in [0.2, 0.25) is 0 Å². The first-order valence-electron chi connectivity index (χ1n) is 10.2. The molecule has 2 aliphatic heterocycles. The van der Waals surface area contributed by atoms with E-state index in [0.29, 0.717) is 6.54 Å². The summed E-state index contributed by atoms with van der Waals surface area (Å²) in [4.78, 5) is 27.6. The van der Waals surface area contributed by atoms with Crippen molar-refractivity contribution in [3.63, 3.8) is 0 Å². The molecule has 0 bridgehead atoms. The van der Waals surface area contributed by atoms with Crippen molar-refractivity contribution in [2.45, 2.75) is 51.0 Å². The minimum Gasteiger partial charge on any atom is -0.496 e. The number of para-hydroxylation sites is 1. The molecule has 1 atom stereocenters. The van der Waals surface area contributed by atoms with E-state index in [-0.39, 0.29) is 18.0 Å². The predicted octanol–water partition coefficient (Wildman–Crippen LogP) is 2.81. The van der Waals surface area contributed by atoms with Crippen LogP contribution in [0.5, 0.6) is 5.75 Å². The second-order valence-corrected chi connectivity index (χ2v) is 7.35. The number of imide groups is 1. The lowest BCUT2D eigenvalue weighted by Crippen LogP contribution is -2.34. The van der Waals surface area contributed by atoms with Crippen molar-refractivity contribution in [2.75, 3.05) is 33.3 Å². The Kier molecular flexibility index (Phi) is 7.10. The van der Waals surface area contributed by atoms with Crippen molar-refractivity contribution in [3.05, 3.63) is 29.8 Å². The van der Waals surface area contributed by atoms with E-state index < -0.39 is 0 Å². The van der Waals surface area contributed by atoms with Gasteiger partial charge in [-0.05, 0) is 69.7 Å². The van der Waals surface area contributed by atoms with E-state index in [9.17, 15) is 9.59 Å². The molecule has 6 heteroatoms. The molecule has 0 radical (unpaired) electrons. The fraction of sp³-hybridized carbons (Fsp3) is 0.619. The molecule has 2 heterocycles.